The zero-order chi connectivity index (χ0) is 9.97. The molecule has 2 rings (SSSR count). The lowest BCUT2D eigenvalue weighted by Gasteiger charge is -2.25. The van der Waals surface area contributed by atoms with Crippen LogP contribution < -0.4 is 4.90 Å². The van der Waals surface area contributed by atoms with Gasteiger partial charge in [-0.05, 0) is 26.2 Å². The summed E-state index contributed by atoms with van der Waals surface area (Å²) in [4.78, 5) is 6.75. The number of aromatic nitrogens is 1. The molecule has 14 heavy (non-hydrogen) atoms. The highest BCUT2D eigenvalue weighted by Crippen LogP contribution is 2.26. The Kier molecular flexibility index (Phi) is 3.03. The van der Waals surface area contributed by atoms with E-state index in [2.05, 4.69) is 9.88 Å². The molecule has 0 amide bonds. The van der Waals surface area contributed by atoms with Crippen LogP contribution >= 0.6 is 11.3 Å². The van der Waals surface area contributed by atoms with Crippen LogP contribution in [0.2, 0.25) is 0 Å². The predicted octanol–water partition coefficient (Wildman–Crippen LogP) is 2.19. The van der Waals surface area contributed by atoms with Gasteiger partial charge in [0.2, 0.25) is 0 Å². The second-order valence-electron chi connectivity index (χ2n) is 3.78. The van der Waals surface area contributed by atoms with E-state index in [1.54, 1.807) is 18.3 Å². The SMILES string of the molecule is CC(O)c1csc(N2CCCCC2)n1. The van der Waals surface area contributed by atoms with Crippen LogP contribution in [-0.2, 0) is 0 Å². The molecule has 1 fully saturated rings. The molecule has 1 unspecified atom stereocenters. The van der Waals surface area contributed by atoms with Gasteiger partial charge in [-0.25, -0.2) is 4.98 Å². The molecule has 1 aromatic heterocycles. The Hall–Kier alpha value is -0.610. The van der Waals surface area contributed by atoms with Gasteiger partial charge in [-0.15, -0.1) is 11.3 Å². The van der Waals surface area contributed by atoms with Gasteiger partial charge >= 0.3 is 0 Å². The van der Waals surface area contributed by atoms with Gasteiger partial charge in [-0.3, -0.25) is 0 Å². The largest absolute Gasteiger partial charge is 0.387 e. The fourth-order valence-electron chi connectivity index (χ4n) is 1.70. The average Bonchev–Trinajstić information content (AvgIpc) is 2.68. The van der Waals surface area contributed by atoms with Gasteiger partial charge < -0.3 is 10.0 Å². The maximum Gasteiger partial charge on any atom is 0.185 e. The molecule has 0 bridgehead atoms. The Labute approximate surface area is 88.4 Å². The Morgan fingerprint density at radius 1 is 1.43 bits per heavy atom. The standard InChI is InChI=1S/C10H16N2OS/c1-8(13)9-7-14-10(11-9)12-5-3-2-4-6-12/h7-8,13H,2-6H2,1H3. The Bertz CT molecular complexity index is 292. The number of aliphatic hydroxyl groups is 1. The third-order valence-electron chi connectivity index (χ3n) is 2.56. The van der Waals surface area contributed by atoms with Crippen LogP contribution in [0.5, 0.6) is 0 Å². The Morgan fingerprint density at radius 2 is 2.14 bits per heavy atom. The fourth-order valence-corrected chi connectivity index (χ4v) is 2.66. The molecule has 4 heteroatoms. The van der Waals surface area contributed by atoms with Gasteiger partial charge in [0.1, 0.15) is 0 Å². The highest BCUT2D eigenvalue weighted by atomic mass is 32.1. The van der Waals surface area contributed by atoms with Crippen LogP contribution in [0.4, 0.5) is 5.13 Å². The molecule has 1 aliphatic rings. The summed E-state index contributed by atoms with van der Waals surface area (Å²) in [6.07, 6.45) is 3.43. The number of aliphatic hydroxyl groups excluding tert-OH is 1. The quantitative estimate of drug-likeness (QED) is 0.816. The lowest BCUT2D eigenvalue weighted by Crippen LogP contribution is -2.29. The van der Waals surface area contributed by atoms with Crippen LogP contribution in [0, 0.1) is 0 Å². The number of hydrogen-bond acceptors (Lipinski definition) is 4. The number of nitrogens with zero attached hydrogens (tertiary/aromatic N) is 2. The lowest BCUT2D eigenvalue weighted by atomic mass is 10.1. The average molecular weight is 212 g/mol. The molecule has 2 heterocycles. The van der Waals surface area contributed by atoms with Gasteiger partial charge in [0.15, 0.2) is 5.13 Å². The van der Waals surface area contributed by atoms with Crippen molar-refractivity contribution < 1.29 is 5.11 Å². The number of piperidine rings is 1. The first-order valence-corrected chi connectivity index (χ1v) is 6.04. The lowest BCUT2D eigenvalue weighted by molar-refractivity contribution is 0.195. The highest BCUT2D eigenvalue weighted by Gasteiger charge is 2.15. The molecular formula is C10H16N2OS. The van der Waals surface area contributed by atoms with Crippen molar-refractivity contribution in [3.05, 3.63) is 11.1 Å². The maximum atomic E-state index is 9.36. The van der Waals surface area contributed by atoms with E-state index in [9.17, 15) is 5.11 Å². The molecule has 1 aliphatic heterocycles. The maximum absolute atomic E-state index is 9.36. The predicted molar refractivity (Wildman–Crippen MR) is 58.8 cm³/mol. The summed E-state index contributed by atoms with van der Waals surface area (Å²) in [5.41, 5.74) is 0.801. The Balaban J connectivity index is 2.07. The van der Waals surface area contributed by atoms with Crippen molar-refractivity contribution in [1.82, 2.24) is 4.98 Å². The van der Waals surface area contributed by atoms with Gasteiger partial charge in [0, 0.05) is 18.5 Å². The second kappa shape index (κ2) is 4.28. The van der Waals surface area contributed by atoms with Crippen molar-refractivity contribution in [3.8, 4) is 0 Å². The molecule has 1 atom stereocenters. The van der Waals surface area contributed by atoms with Crippen LogP contribution in [-0.4, -0.2) is 23.2 Å². The molecule has 0 spiro atoms. The van der Waals surface area contributed by atoms with Crippen molar-refractivity contribution in [2.75, 3.05) is 18.0 Å². The minimum Gasteiger partial charge on any atom is -0.387 e. The van der Waals surface area contributed by atoms with E-state index >= 15 is 0 Å². The van der Waals surface area contributed by atoms with E-state index in [-0.39, 0.29) is 0 Å². The minimum absolute atomic E-state index is 0.440. The first-order valence-electron chi connectivity index (χ1n) is 5.16. The number of rotatable bonds is 2. The van der Waals surface area contributed by atoms with E-state index in [1.165, 1.54) is 19.3 Å². The zero-order valence-corrected chi connectivity index (χ0v) is 9.26. The summed E-state index contributed by atoms with van der Waals surface area (Å²) < 4.78 is 0. The molecule has 0 radical (unpaired) electrons. The van der Waals surface area contributed by atoms with Crippen LogP contribution in [0.15, 0.2) is 5.38 Å². The normalized spacial score (nSPS) is 19.7. The van der Waals surface area contributed by atoms with Gasteiger partial charge in [0.25, 0.3) is 0 Å². The van der Waals surface area contributed by atoms with Gasteiger partial charge in [-0.1, -0.05) is 0 Å². The monoisotopic (exact) mass is 212 g/mol. The van der Waals surface area contributed by atoms with Crippen molar-refractivity contribution in [2.45, 2.75) is 32.3 Å². The van der Waals surface area contributed by atoms with Crippen molar-refractivity contribution in [2.24, 2.45) is 0 Å². The van der Waals surface area contributed by atoms with E-state index in [0.717, 1.165) is 23.9 Å². The molecule has 1 aromatic rings. The molecule has 3 nitrogen and oxygen atoms in total. The van der Waals surface area contributed by atoms with E-state index in [1.807, 2.05) is 5.38 Å². The van der Waals surface area contributed by atoms with E-state index in [0.29, 0.717) is 0 Å². The molecule has 1 N–H and O–H groups in total. The zero-order valence-electron chi connectivity index (χ0n) is 8.44. The molecule has 1 saturated heterocycles. The number of thiazole rings is 1. The van der Waals surface area contributed by atoms with Crippen molar-refractivity contribution >= 4 is 16.5 Å². The van der Waals surface area contributed by atoms with Crippen molar-refractivity contribution in [1.29, 1.82) is 0 Å². The Morgan fingerprint density at radius 3 is 2.71 bits per heavy atom. The highest BCUT2D eigenvalue weighted by molar-refractivity contribution is 7.13. The summed E-state index contributed by atoms with van der Waals surface area (Å²) in [6, 6.07) is 0. The van der Waals surface area contributed by atoms with Crippen LogP contribution in [0.3, 0.4) is 0 Å². The summed E-state index contributed by atoms with van der Waals surface area (Å²) in [5, 5.41) is 12.4. The smallest absolute Gasteiger partial charge is 0.185 e. The fraction of sp³-hybridized carbons (Fsp3) is 0.700. The first-order chi connectivity index (χ1) is 6.77. The van der Waals surface area contributed by atoms with Crippen LogP contribution in [0.1, 0.15) is 38.0 Å². The summed E-state index contributed by atoms with van der Waals surface area (Å²) in [6.45, 7) is 3.99. The van der Waals surface area contributed by atoms with Gasteiger partial charge in [-0.2, -0.15) is 0 Å². The van der Waals surface area contributed by atoms with Crippen molar-refractivity contribution in [3.63, 3.8) is 0 Å². The van der Waals surface area contributed by atoms with E-state index < -0.39 is 6.10 Å². The minimum atomic E-state index is -0.440. The molecular weight excluding hydrogens is 196 g/mol. The third kappa shape index (κ3) is 2.07. The number of hydrogen-bond donors (Lipinski definition) is 1. The summed E-state index contributed by atoms with van der Waals surface area (Å²) >= 11 is 1.64. The molecule has 78 valence electrons. The summed E-state index contributed by atoms with van der Waals surface area (Å²) in [7, 11) is 0. The number of anilines is 1. The molecule has 0 aliphatic carbocycles. The summed E-state index contributed by atoms with van der Waals surface area (Å²) in [5.74, 6) is 0. The van der Waals surface area contributed by atoms with Gasteiger partial charge in [0.05, 0.1) is 11.8 Å². The topological polar surface area (TPSA) is 36.4 Å². The third-order valence-corrected chi connectivity index (χ3v) is 3.48. The first kappa shape index (κ1) is 9.93. The molecule has 0 saturated carbocycles. The molecule has 0 aromatic carbocycles. The van der Waals surface area contributed by atoms with E-state index in [4.69, 9.17) is 0 Å². The van der Waals surface area contributed by atoms with Crippen LogP contribution in [0.25, 0.3) is 0 Å². The second-order valence-corrected chi connectivity index (χ2v) is 4.62.